The summed E-state index contributed by atoms with van der Waals surface area (Å²) in [6.07, 6.45) is 1.61. The Morgan fingerprint density at radius 3 is 2.69 bits per heavy atom. The minimum atomic E-state index is -0.837. The van der Waals surface area contributed by atoms with Gasteiger partial charge in [-0.3, -0.25) is 9.48 Å². The number of hydrogen-bond donors (Lipinski definition) is 4. The lowest BCUT2D eigenvalue weighted by atomic mass is 9.81. The Balaban J connectivity index is 1.57. The van der Waals surface area contributed by atoms with E-state index >= 15 is 0 Å². The zero-order valence-electron chi connectivity index (χ0n) is 18.6. The Hall–Kier alpha value is -1.78. The lowest BCUT2D eigenvalue weighted by Gasteiger charge is -2.38. The van der Waals surface area contributed by atoms with Crippen molar-refractivity contribution in [1.29, 1.82) is 0 Å². The fraction of sp³-hybridized carbons (Fsp3) is 0.391. The summed E-state index contributed by atoms with van der Waals surface area (Å²) in [4.78, 5) is 13.2. The van der Waals surface area contributed by atoms with E-state index in [0.717, 1.165) is 5.56 Å². The van der Waals surface area contributed by atoms with E-state index in [1.165, 1.54) is 12.3 Å². The van der Waals surface area contributed by atoms with Crippen molar-refractivity contribution in [2.45, 2.75) is 36.9 Å². The number of aliphatic hydroxyl groups excluding tert-OH is 2. The maximum Gasteiger partial charge on any atom is 0.287 e. The highest BCUT2D eigenvalue weighted by atomic mass is 35.5. The molecule has 1 aromatic carbocycles. The summed E-state index contributed by atoms with van der Waals surface area (Å²) in [5.74, 6) is -0.544. The number of carbonyl (C=O) groups excluding carboxylic acids is 1. The quantitative estimate of drug-likeness (QED) is 0.342. The zero-order valence-corrected chi connectivity index (χ0v) is 21.7. The number of rotatable bonds is 7. The second-order valence-corrected chi connectivity index (χ2v) is 10.1. The molecule has 12 heteroatoms. The van der Waals surface area contributed by atoms with Gasteiger partial charge in [0.2, 0.25) is 5.22 Å². The molecule has 1 amide bonds. The fourth-order valence-electron chi connectivity index (χ4n) is 4.43. The summed E-state index contributed by atoms with van der Waals surface area (Å²) in [7, 11) is 1.71. The van der Waals surface area contributed by atoms with Crippen LogP contribution in [0.2, 0.25) is 20.3 Å². The van der Waals surface area contributed by atoms with Crippen molar-refractivity contribution in [2.75, 3.05) is 13.2 Å². The predicted octanol–water partition coefficient (Wildman–Crippen LogP) is 4.28. The summed E-state index contributed by atoms with van der Waals surface area (Å²) in [6.45, 7) is 0.104. The van der Waals surface area contributed by atoms with Crippen molar-refractivity contribution in [3.05, 3.63) is 62.1 Å². The Labute approximate surface area is 222 Å². The highest BCUT2D eigenvalue weighted by Crippen LogP contribution is 2.36. The molecule has 1 saturated heterocycles. The van der Waals surface area contributed by atoms with Crippen LogP contribution >= 0.6 is 46.4 Å². The first-order valence-electron chi connectivity index (χ1n) is 10.9. The van der Waals surface area contributed by atoms with Crippen LogP contribution in [-0.2, 0) is 7.05 Å². The van der Waals surface area contributed by atoms with Crippen molar-refractivity contribution < 1.29 is 19.4 Å². The molecular formula is C23H24Cl4N4O4. The standard InChI is InChI=1S/C23H24Cl4N4O4/c1-31-21(18(26)8-29-31)15-7-20(35-22(15)27)23(34)30-19-9-28-12(5-13(33)10-32)6-14(19)11-2-3-16(24)17(25)4-11/h2-4,7-8,12-14,19,28,32-33H,5-6,9-10H2,1H3,(H,30,34)/t12-,13?,14+,19-/m1/s1. The molecule has 2 aromatic heterocycles. The van der Waals surface area contributed by atoms with Gasteiger partial charge in [0, 0.05) is 37.7 Å². The molecule has 1 aliphatic heterocycles. The Kier molecular flexibility index (Phi) is 8.33. The summed E-state index contributed by atoms with van der Waals surface area (Å²) < 4.78 is 7.10. The minimum absolute atomic E-state index is 0.0292. The topological polar surface area (TPSA) is 113 Å². The maximum absolute atomic E-state index is 13.2. The molecule has 8 nitrogen and oxygen atoms in total. The number of aryl methyl sites for hydroxylation is 1. The van der Waals surface area contributed by atoms with Crippen molar-refractivity contribution in [3.8, 4) is 11.3 Å². The van der Waals surface area contributed by atoms with Gasteiger partial charge in [-0.05, 0) is 42.1 Å². The van der Waals surface area contributed by atoms with E-state index < -0.39 is 12.0 Å². The van der Waals surface area contributed by atoms with Crippen molar-refractivity contribution in [1.82, 2.24) is 20.4 Å². The number of benzene rings is 1. The number of hydrogen-bond acceptors (Lipinski definition) is 6. The first-order valence-corrected chi connectivity index (χ1v) is 12.4. The molecule has 1 aliphatic rings. The number of aromatic nitrogens is 2. The Bertz CT molecular complexity index is 1190. The minimum Gasteiger partial charge on any atom is -0.439 e. The largest absolute Gasteiger partial charge is 0.439 e. The highest BCUT2D eigenvalue weighted by Gasteiger charge is 2.34. The molecule has 0 spiro atoms. The van der Waals surface area contributed by atoms with E-state index in [0.29, 0.717) is 45.7 Å². The van der Waals surface area contributed by atoms with E-state index in [1.807, 2.05) is 6.07 Å². The Morgan fingerprint density at radius 2 is 2.03 bits per heavy atom. The van der Waals surface area contributed by atoms with Crippen LogP contribution in [0.25, 0.3) is 11.3 Å². The predicted molar refractivity (Wildman–Crippen MR) is 136 cm³/mol. The zero-order chi connectivity index (χ0) is 25.3. The molecule has 4 rings (SSSR count). The monoisotopic (exact) mass is 560 g/mol. The number of aliphatic hydroxyl groups is 2. The van der Waals surface area contributed by atoms with Crippen LogP contribution in [0.1, 0.15) is 34.9 Å². The maximum atomic E-state index is 13.2. The fourth-order valence-corrected chi connectivity index (χ4v) is 5.23. The van der Waals surface area contributed by atoms with Crippen LogP contribution < -0.4 is 10.6 Å². The third-order valence-corrected chi connectivity index (χ3v) is 7.46. The summed E-state index contributed by atoms with van der Waals surface area (Å²) >= 11 is 24.9. The molecule has 0 bridgehead atoms. The summed E-state index contributed by atoms with van der Waals surface area (Å²) in [6, 6.07) is 6.51. The number of piperidine rings is 1. The van der Waals surface area contributed by atoms with Crippen LogP contribution in [0.3, 0.4) is 0 Å². The molecular weight excluding hydrogens is 538 g/mol. The van der Waals surface area contributed by atoms with Gasteiger partial charge in [-0.1, -0.05) is 40.9 Å². The number of halogens is 4. The SMILES string of the molecule is Cn1ncc(Cl)c1-c1cc(C(=O)N[C@@H]2CN[C@H](CC(O)CO)C[C@H]2c2ccc(Cl)c(Cl)c2)oc1Cl. The van der Waals surface area contributed by atoms with Crippen LogP contribution in [0.5, 0.6) is 0 Å². The van der Waals surface area contributed by atoms with Crippen LogP contribution in [-0.4, -0.2) is 57.2 Å². The van der Waals surface area contributed by atoms with Gasteiger partial charge < -0.3 is 25.3 Å². The van der Waals surface area contributed by atoms with Crippen LogP contribution in [0.15, 0.2) is 34.9 Å². The normalized spacial score (nSPS) is 21.2. The van der Waals surface area contributed by atoms with Gasteiger partial charge in [-0.2, -0.15) is 5.10 Å². The first kappa shape index (κ1) is 26.3. The molecule has 3 aromatic rings. The molecule has 1 fully saturated rings. The summed E-state index contributed by atoms with van der Waals surface area (Å²) in [5.41, 5.74) is 1.90. The smallest absolute Gasteiger partial charge is 0.287 e. The molecule has 4 N–H and O–H groups in total. The number of furan rings is 1. The van der Waals surface area contributed by atoms with Crippen molar-refractivity contribution >= 4 is 52.3 Å². The molecule has 188 valence electrons. The van der Waals surface area contributed by atoms with E-state index in [4.69, 9.17) is 50.8 Å². The number of nitrogens with zero attached hydrogens (tertiary/aromatic N) is 2. The van der Waals surface area contributed by atoms with Gasteiger partial charge in [0.25, 0.3) is 5.91 Å². The lowest BCUT2D eigenvalue weighted by molar-refractivity contribution is 0.0714. The van der Waals surface area contributed by atoms with E-state index in [9.17, 15) is 15.0 Å². The van der Waals surface area contributed by atoms with Gasteiger partial charge in [0.1, 0.15) is 0 Å². The molecule has 35 heavy (non-hydrogen) atoms. The number of amides is 1. The highest BCUT2D eigenvalue weighted by molar-refractivity contribution is 6.42. The van der Waals surface area contributed by atoms with Gasteiger partial charge >= 0.3 is 0 Å². The molecule has 0 radical (unpaired) electrons. The van der Waals surface area contributed by atoms with Crippen LogP contribution in [0.4, 0.5) is 0 Å². The molecule has 1 unspecified atom stereocenters. The second kappa shape index (κ2) is 11.1. The lowest BCUT2D eigenvalue weighted by Crippen LogP contribution is -2.54. The molecule has 0 aliphatic carbocycles. The average Bonchev–Trinajstić information content (AvgIpc) is 3.37. The summed E-state index contributed by atoms with van der Waals surface area (Å²) in [5, 5.41) is 30.9. The van der Waals surface area contributed by atoms with E-state index in [2.05, 4.69) is 15.7 Å². The molecule has 4 atom stereocenters. The van der Waals surface area contributed by atoms with Crippen molar-refractivity contribution in [3.63, 3.8) is 0 Å². The van der Waals surface area contributed by atoms with Crippen molar-refractivity contribution in [2.24, 2.45) is 7.05 Å². The van der Waals surface area contributed by atoms with Gasteiger partial charge in [-0.15, -0.1) is 0 Å². The first-order chi connectivity index (χ1) is 16.7. The van der Waals surface area contributed by atoms with Crippen LogP contribution in [0, 0.1) is 0 Å². The third-order valence-electron chi connectivity index (χ3n) is 6.17. The van der Waals surface area contributed by atoms with Gasteiger partial charge in [-0.25, -0.2) is 0 Å². The third kappa shape index (κ3) is 5.80. The van der Waals surface area contributed by atoms with E-state index in [1.54, 1.807) is 23.9 Å². The molecule has 0 saturated carbocycles. The molecule has 3 heterocycles. The van der Waals surface area contributed by atoms with Gasteiger partial charge in [0.05, 0.1) is 45.2 Å². The van der Waals surface area contributed by atoms with E-state index in [-0.39, 0.29) is 35.6 Å². The number of nitrogens with one attached hydrogen (secondary N) is 2. The Morgan fingerprint density at radius 1 is 1.26 bits per heavy atom. The average molecular weight is 562 g/mol. The second-order valence-electron chi connectivity index (χ2n) is 8.54. The van der Waals surface area contributed by atoms with Gasteiger partial charge in [0.15, 0.2) is 5.76 Å². The number of carbonyl (C=O) groups is 1.